The molecule has 0 aliphatic carbocycles. The molecule has 156 valence electrons. The van der Waals surface area contributed by atoms with Gasteiger partial charge in [-0.3, -0.25) is 4.79 Å². The number of aryl methyl sites for hydroxylation is 1. The zero-order valence-corrected chi connectivity index (χ0v) is 18.6. The summed E-state index contributed by atoms with van der Waals surface area (Å²) < 4.78 is 1.81. The van der Waals surface area contributed by atoms with E-state index >= 15 is 0 Å². The first-order valence-corrected chi connectivity index (χ1v) is 10.5. The number of aromatic nitrogens is 4. The number of carbonyl (C=O) groups is 1. The molecule has 1 aliphatic rings. The van der Waals surface area contributed by atoms with Crippen LogP contribution in [0.4, 0.5) is 5.82 Å². The molecule has 0 unspecified atom stereocenters. The summed E-state index contributed by atoms with van der Waals surface area (Å²) in [7, 11) is 0. The third kappa shape index (κ3) is 3.87. The smallest absolute Gasteiger partial charge is 0.255 e. The second-order valence-electron chi connectivity index (χ2n) is 7.36. The van der Waals surface area contributed by atoms with E-state index in [0.29, 0.717) is 47.6 Å². The van der Waals surface area contributed by atoms with Gasteiger partial charge in [0.2, 0.25) is 0 Å². The van der Waals surface area contributed by atoms with Gasteiger partial charge < -0.3 is 9.80 Å². The number of anilines is 1. The first kappa shape index (κ1) is 20.6. The number of amides is 1. The van der Waals surface area contributed by atoms with E-state index in [2.05, 4.69) is 20.2 Å². The number of hydrogen-bond acceptors (Lipinski definition) is 5. The molecule has 0 saturated carbocycles. The molecule has 1 saturated heterocycles. The number of rotatable bonds is 3. The Morgan fingerprint density at radius 3 is 2.20 bits per heavy atom. The molecule has 1 aliphatic heterocycles. The van der Waals surface area contributed by atoms with E-state index in [-0.39, 0.29) is 5.91 Å². The van der Waals surface area contributed by atoms with Crippen LogP contribution in [-0.2, 0) is 0 Å². The molecule has 3 aromatic rings. The monoisotopic (exact) mass is 444 g/mol. The van der Waals surface area contributed by atoms with Crippen LogP contribution < -0.4 is 4.90 Å². The van der Waals surface area contributed by atoms with Crippen molar-refractivity contribution < 1.29 is 4.79 Å². The van der Waals surface area contributed by atoms with Crippen LogP contribution in [0.5, 0.6) is 0 Å². The van der Waals surface area contributed by atoms with Crippen LogP contribution in [0, 0.1) is 20.8 Å². The number of halogens is 2. The Morgan fingerprint density at radius 1 is 0.933 bits per heavy atom. The Balaban J connectivity index is 1.43. The van der Waals surface area contributed by atoms with Crippen molar-refractivity contribution in [3.8, 4) is 5.82 Å². The van der Waals surface area contributed by atoms with Crippen molar-refractivity contribution >= 4 is 34.9 Å². The maximum absolute atomic E-state index is 12.8. The minimum atomic E-state index is -0.108. The topological polar surface area (TPSA) is 67.2 Å². The molecule has 9 heteroatoms. The van der Waals surface area contributed by atoms with Crippen LogP contribution >= 0.6 is 23.2 Å². The molecule has 30 heavy (non-hydrogen) atoms. The standard InChI is InChI=1S/C21H22Cl2N6O/c1-13-14(2)26-29(15(13)3)20-7-6-19(24-25-20)27-8-10-28(11-9-27)21(30)17-12-16(22)4-5-18(17)23/h4-7,12H,8-11H2,1-3H3. The third-order valence-corrected chi connectivity index (χ3v) is 6.12. The lowest BCUT2D eigenvalue weighted by molar-refractivity contribution is 0.0746. The number of hydrogen-bond donors (Lipinski definition) is 0. The molecule has 4 rings (SSSR count). The van der Waals surface area contributed by atoms with E-state index in [4.69, 9.17) is 23.2 Å². The molecule has 0 N–H and O–H groups in total. The van der Waals surface area contributed by atoms with Crippen LogP contribution in [0.2, 0.25) is 10.0 Å². The zero-order chi connectivity index (χ0) is 21.4. The van der Waals surface area contributed by atoms with Gasteiger partial charge in [-0.2, -0.15) is 5.10 Å². The Bertz CT molecular complexity index is 1090. The van der Waals surface area contributed by atoms with Gasteiger partial charge in [0.05, 0.1) is 16.3 Å². The summed E-state index contributed by atoms with van der Waals surface area (Å²) in [5, 5.41) is 14.2. The van der Waals surface area contributed by atoms with Crippen molar-refractivity contribution in [3.63, 3.8) is 0 Å². The maximum Gasteiger partial charge on any atom is 0.255 e. The zero-order valence-electron chi connectivity index (χ0n) is 17.1. The summed E-state index contributed by atoms with van der Waals surface area (Å²) in [5.74, 6) is 1.37. The van der Waals surface area contributed by atoms with Crippen LogP contribution in [0.25, 0.3) is 5.82 Å². The highest BCUT2D eigenvalue weighted by Gasteiger charge is 2.24. The second-order valence-corrected chi connectivity index (χ2v) is 8.20. The van der Waals surface area contributed by atoms with Crippen molar-refractivity contribution in [2.75, 3.05) is 31.1 Å². The molecule has 3 heterocycles. The van der Waals surface area contributed by atoms with E-state index < -0.39 is 0 Å². The fourth-order valence-electron chi connectivity index (χ4n) is 3.51. The predicted octanol–water partition coefficient (Wildman–Crippen LogP) is 3.86. The van der Waals surface area contributed by atoms with Crippen LogP contribution in [0.3, 0.4) is 0 Å². The lowest BCUT2D eigenvalue weighted by atomic mass is 10.1. The first-order chi connectivity index (χ1) is 14.3. The minimum Gasteiger partial charge on any atom is -0.352 e. The minimum absolute atomic E-state index is 0.108. The highest BCUT2D eigenvalue weighted by atomic mass is 35.5. The average molecular weight is 445 g/mol. The summed E-state index contributed by atoms with van der Waals surface area (Å²) in [6.07, 6.45) is 0. The summed E-state index contributed by atoms with van der Waals surface area (Å²) in [5.41, 5.74) is 3.63. The van der Waals surface area contributed by atoms with Crippen molar-refractivity contribution in [1.82, 2.24) is 24.9 Å². The van der Waals surface area contributed by atoms with Crippen LogP contribution in [-0.4, -0.2) is 57.0 Å². The van der Waals surface area contributed by atoms with Gasteiger partial charge in [0.25, 0.3) is 5.91 Å². The molecule has 1 aromatic carbocycles. The normalized spacial score (nSPS) is 14.3. The SMILES string of the molecule is Cc1nn(-c2ccc(N3CCN(C(=O)c4cc(Cl)ccc4Cl)CC3)nn2)c(C)c1C. The lowest BCUT2D eigenvalue weighted by Gasteiger charge is -2.35. The van der Waals surface area contributed by atoms with Gasteiger partial charge in [0.15, 0.2) is 11.6 Å². The van der Waals surface area contributed by atoms with Gasteiger partial charge in [-0.05, 0) is 56.7 Å². The van der Waals surface area contributed by atoms with E-state index in [1.807, 2.05) is 37.6 Å². The van der Waals surface area contributed by atoms with E-state index in [1.54, 1.807) is 23.1 Å². The molecule has 0 bridgehead atoms. The van der Waals surface area contributed by atoms with Crippen molar-refractivity contribution in [3.05, 3.63) is 62.9 Å². The van der Waals surface area contributed by atoms with Gasteiger partial charge in [-0.25, -0.2) is 4.68 Å². The Labute approximate surface area is 185 Å². The maximum atomic E-state index is 12.8. The molecule has 1 fully saturated rings. The van der Waals surface area contributed by atoms with Crippen LogP contribution in [0.1, 0.15) is 27.3 Å². The summed E-state index contributed by atoms with van der Waals surface area (Å²) in [6, 6.07) is 8.80. The fraction of sp³-hybridized carbons (Fsp3) is 0.333. The largest absolute Gasteiger partial charge is 0.352 e. The summed E-state index contributed by atoms with van der Waals surface area (Å²) in [4.78, 5) is 16.7. The van der Waals surface area contributed by atoms with Gasteiger partial charge in [0, 0.05) is 36.9 Å². The average Bonchev–Trinajstić information content (AvgIpc) is 3.02. The van der Waals surface area contributed by atoms with E-state index in [1.165, 1.54) is 0 Å². The molecular formula is C21H22Cl2N6O. The number of nitrogens with zero attached hydrogens (tertiary/aromatic N) is 6. The van der Waals surface area contributed by atoms with Crippen molar-refractivity contribution in [2.24, 2.45) is 0 Å². The Kier molecular flexibility index (Phi) is 5.66. The van der Waals surface area contributed by atoms with Crippen molar-refractivity contribution in [1.29, 1.82) is 0 Å². The highest BCUT2D eigenvalue weighted by Crippen LogP contribution is 2.23. The van der Waals surface area contributed by atoms with E-state index in [0.717, 1.165) is 22.8 Å². The van der Waals surface area contributed by atoms with Gasteiger partial charge in [-0.1, -0.05) is 23.2 Å². The highest BCUT2D eigenvalue weighted by molar-refractivity contribution is 6.35. The quantitative estimate of drug-likeness (QED) is 0.613. The van der Waals surface area contributed by atoms with Gasteiger partial charge in [0.1, 0.15) is 0 Å². The van der Waals surface area contributed by atoms with Crippen molar-refractivity contribution in [2.45, 2.75) is 20.8 Å². The molecular weight excluding hydrogens is 423 g/mol. The Hall–Kier alpha value is -2.64. The predicted molar refractivity (Wildman–Crippen MR) is 118 cm³/mol. The van der Waals surface area contributed by atoms with Gasteiger partial charge in [-0.15, -0.1) is 10.2 Å². The summed E-state index contributed by atoms with van der Waals surface area (Å²) in [6.45, 7) is 8.52. The number of piperazine rings is 1. The first-order valence-electron chi connectivity index (χ1n) is 9.71. The molecule has 0 atom stereocenters. The molecule has 0 spiro atoms. The Morgan fingerprint density at radius 2 is 1.60 bits per heavy atom. The van der Waals surface area contributed by atoms with Gasteiger partial charge >= 0.3 is 0 Å². The number of carbonyl (C=O) groups excluding carboxylic acids is 1. The second kappa shape index (κ2) is 8.24. The molecule has 7 nitrogen and oxygen atoms in total. The van der Waals surface area contributed by atoms with E-state index in [9.17, 15) is 4.79 Å². The third-order valence-electron chi connectivity index (χ3n) is 5.56. The van der Waals surface area contributed by atoms with Crippen LogP contribution in [0.15, 0.2) is 30.3 Å². The lowest BCUT2D eigenvalue weighted by Crippen LogP contribution is -2.49. The molecule has 1 amide bonds. The summed E-state index contributed by atoms with van der Waals surface area (Å²) >= 11 is 12.2. The molecule has 2 aromatic heterocycles. The number of benzene rings is 1. The fourth-order valence-corrected chi connectivity index (χ4v) is 3.88. The molecule has 0 radical (unpaired) electrons.